The van der Waals surface area contributed by atoms with Crippen molar-refractivity contribution < 1.29 is 14.4 Å². The first kappa shape index (κ1) is 15.3. The van der Waals surface area contributed by atoms with E-state index in [0.29, 0.717) is 15.6 Å². The number of hydrogen-bond donors (Lipinski definition) is 1. The van der Waals surface area contributed by atoms with E-state index >= 15 is 0 Å². The summed E-state index contributed by atoms with van der Waals surface area (Å²) in [6.07, 6.45) is 2.71. The largest absolute Gasteiger partial charge is 0.331 e. The summed E-state index contributed by atoms with van der Waals surface area (Å²) < 4.78 is 0. The number of carbonyl (C=O) groups is 3. The maximum atomic E-state index is 12.2. The summed E-state index contributed by atoms with van der Waals surface area (Å²) in [5, 5.41) is 2.82. The second-order valence-electron chi connectivity index (χ2n) is 4.19. The molecule has 108 valence electrons. The van der Waals surface area contributed by atoms with E-state index in [2.05, 4.69) is 11.9 Å². The first-order chi connectivity index (χ1) is 9.93. The Morgan fingerprint density at radius 3 is 2.57 bits per heavy atom. The SMILES string of the molecule is C=CCN1C(=O)NC(=O)/C(=C\c2ccc(Cl)cc2Cl)C1=O. The summed E-state index contributed by atoms with van der Waals surface area (Å²) in [4.78, 5) is 36.4. The molecule has 0 aliphatic carbocycles. The number of amides is 4. The third kappa shape index (κ3) is 3.15. The van der Waals surface area contributed by atoms with Gasteiger partial charge in [-0.25, -0.2) is 4.79 Å². The molecule has 4 amide bonds. The lowest BCUT2D eigenvalue weighted by atomic mass is 10.1. The molecule has 1 aromatic carbocycles. The molecule has 1 aromatic rings. The first-order valence-corrected chi connectivity index (χ1v) is 6.64. The van der Waals surface area contributed by atoms with Crippen LogP contribution in [0.1, 0.15) is 5.56 Å². The third-order valence-corrected chi connectivity index (χ3v) is 3.32. The highest BCUT2D eigenvalue weighted by molar-refractivity contribution is 6.36. The molecule has 0 bridgehead atoms. The smallest absolute Gasteiger partial charge is 0.273 e. The van der Waals surface area contributed by atoms with Crippen molar-refractivity contribution in [3.8, 4) is 0 Å². The fourth-order valence-electron chi connectivity index (χ4n) is 1.76. The minimum atomic E-state index is -0.774. The number of nitrogens with one attached hydrogen (secondary N) is 1. The van der Waals surface area contributed by atoms with Gasteiger partial charge < -0.3 is 0 Å². The van der Waals surface area contributed by atoms with E-state index in [1.807, 2.05) is 0 Å². The van der Waals surface area contributed by atoms with Gasteiger partial charge in [-0.2, -0.15) is 0 Å². The highest BCUT2D eigenvalue weighted by Crippen LogP contribution is 2.24. The predicted octanol–water partition coefficient (Wildman–Crippen LogP) is 2.64. The lowest BCUT2D eigenvalue weighted by Crippen LogP contribution is -2.54. The van der Waals surface area contributed by atoms with Crippen LogP contribution in [0.3, 0.4) is 0 Å². The van der Waals surface area contributed by atoms with Gasteiger partial charge in [-0.05, 0) is 23.8 Å². The van der Waals surface area contributed by atoms with Crippen LogP contribution in [0.4, 0.5) is 4.79 Å². The molecule has 1 heterocycles. The van der Waals surface area contributed by atoms with Crippen molar-refractivity contribution >= 4 is 47.1 Å². The van der Waals surface area contributed by atoms with Crippen molar-refractivity contribution in [2.45, 2.75) is 0 Å². The third-order valence-electron chi connectivity index (χ3n) is 2.76. The van der Waals surface area contributed by atoms with Crippen molar-refractivity contribution in [3.05, 3.63) is 52.0 Å². The number of rotatable bonds is 3. The van der Waals surface area contributed by atoms with Crippen molar-refractivity contribution in [2.75, 3.05) is 6.54 Å². The molecule has 5 nitrogen and oxygen atoms in total. The zero-order valence-electron chi connectivity index (χ0n) is 10.7. The van der Waals surface area contributed by atoms with Crippen LogP contribution in [-0.2, 0) is 9.59 Å². The molecule has 1 saturated heterocycles. The molecule has 0 aromatic heterocycles. The number of barbiturate groups is 1. The molecule has 1 aliphatic heterocycles. The topological polar surface area (TPSA) is 66.5 Å². The number of carbonyl (C=O) groups excluding carboxylic acids is 3. The minimum Gasteiger partial charge on any atom is -0.273 e. The predicted molar refractivity (Wildman–Crippen MR) is 79.9 cm³/mol. The maximum absolute atomic E-state index is 12.2. The van der Waals surface area contributed by atoms with E-state index in [4.69, 9.17) is 23.2 Å². The van der Waals surface area contributed by atoms with E-state index in [1.165, 1.54) is 18.2 Å². The van der Waals surface area contributed by atoms with E-state index in [0.717, 1.165) is 4.90 Å². The van der Waals surface area contributed by atoms with E-state index < -0.39 is 17.8 Å². The molecule has 0 atom stereocenters. The fraction of sp³-hybridized carbons (Fsp3) is 0.0714. The number of halogens is 2. The molecule has 1 fully saturated rings. The van der Waals surface area contributed by atoms with Crippen LogP contribution < -0.4 is 5.32 Å². The van der Waals surface area contributed by atoms with Crippen molar-refractivity contribution in [3.63, 3.8) is 0 Å². The molecule has 1 aliphatic rings. The van der Waals surface area contributed by atoms with Gasteiger partial charge in [0.15, 0.2) is 0 Å². The van der Waals surface area contributed by atoms with Crippen LogP contribution in [0, 0.1) is 0 Å². The highest BCUT2D eigenvalue weighted by atomic mass is 35.5. The van der Waals surface area contributed by atoms with Gasteiger partial charge in [0.2, 0.25) is 0 Å². The molecule has 1 N–H and O–H groups in total. The van der Waals surface area contributed by atoms with Crippen LogP contribution in [0.15, 0.2) is 36.4 Å². The Kier molecular flexibility index (Phi) is 4.45. The summed E-state index contributed by atoms with van der Waals surface area (Å²) in [5.74, 6) is -1.47. The standard InChI is InChI=1S/C14H10Cl2N2O3/c1-2-5-18-13(20)10(12(19)17-14(18)21)6-8-3-4-9(15)7-11(8)16/h2-4,6-7H,1,5H2,(H,17,19,21)/b10-6+. The molecule has 0 saturated carbocycles. The Hall–Kier alpha value is -2.11. The Labute approximate surface area is 130 Å². The average molecular weight is 325 g/mol. The second kappa shape index (κ2) is 6.11. The normalized spacial score (nSPS) is 17.1. The average Bonchev–Trinajstić information content (AvgIpc) is 2.41. The van der Waals surface area contributed by atoms with E-state index in [1.54, 1.807) is 12.1 Å². The van der Waals surface area contributed by atoms with E-state index in [9.17, 15) is 14.4 Å². The van der Waals surface area contributed by atoms with Gasteiger partial charge in [0.25, 0.3) is 11.8 Å². The second-order valence-corrected chi connectivity index (χ2v) is 5.03. The highest BCUT2D eigenvalue weighted by Gasteiger charge is 2.34. The monoisotopic (exact) mass is 324 g/mol. The maximum Gasteiger partial charge on any atom is 0.331 e. The summed E-state index contributed by atoms with van der Waals surface area (Å²) in [7, 11) is 0. The zero-order valence-corrected chi connectivity index (χ0v) is 12.2. The summed E-state index contributed by atoms with van der Waals surface area (Å²) in [5.41, 5.74) is 0.271. The number of hydrogen-bond acceptors (Lipinski definition) is 3. The molecule has 7 heteroatoms. The number of nitrogens with zero attached hydrogens (tertiary/aromatic N) is 1. The first-order valence-electron chi connectivity index (χ1n) is 5.89. The van der Waals surface area contributed by atoms with Crippen LogP contribution in [0.25, 0.3) is 6.08 Å². The van der Waals surface area contributed by atoms with E-state index in [-0.39, 0.29) is 12.1 Å². The van der Waals surface area contributed by atoms with Crippen molar-refractivity contribution in [1.82, 2.24) is 10.2 Å². The quantitative estimate of drug-likeness (QED) is 0.528. The molecule has 21 heavy (non-hydrogen) atoms. The van der Waals surface area contributed by atoms with Gasteiger partial charge in [0, 0.05) is 16.6 Å². The number of urea groups is 1. The van der Waals surface area contributed by atoms with Gasteiger partial charge in [0.1, 0.15) is 5.57 Å². The van der Waals surface area contributed by atoms with Crippen LogP contribution in [0.2, 0.25) is 10.0 Å². The summed E-state index contributed by atoms with van der Waals surface area (Å²) in [6, 6.07) is 3.88. The summed E-state index contributed by atoms with van der Waals surface area (Å²) >= 11 is 11.8. The van der Waals surface area contributed by atoms with Gasteiger partial charge >= 0.3 is 6.03 Å². The Morgan fingerprint density at radius 1 is 1.24 bits per heavy atom. The lowest BCUT2D eigenvalue weighted by molar-refractivity contribution is -0.129. The molecule has 0 unspecified atom stereocenters. The zero-order chi connectivity index (χ0) is 15.6. The fourth-order valence-corrected chi connectivity index (χ4v) is 2.23. The molecule has 0 spiro atoms. The Morgan fingerprint density at radius 2 is 1.95 bits per heavy atom. The Bertz CT molecular complexity index is 683. The number of imide groups is 2. The van der Waals surface area contributed by atoms with Crippen LogP contribution in [0.5, 0.6) is 0 Å². The van der Waals surface area contributed by atoms with Gasteiger partial charge in [-0.1, -0.05) is 35.3 Å². The van der Waals surface area contributed by atoms with Crippen molar-refractivity contribution in [1.29, 1.82) is 0 Å². The van der Waals surface area contributed by atoms with Crippen LogP contribution in [-0.4, -0.2) is 29.3 Å². The van der Waals surface area contributed by atoms with Gasteiger partial charge in [-0.15, -0.1) is 6.58 Å². The molecule has 0 radical (unpaired) electrons. The molecular weight excluding hydrogens is 315 g/mol. The molecule has 2 rings (SSSR count). The van der Waals surface area contributed by atoms with Gasteiger partial charge in [-0.3, -0.25) is 19.8 Å². The number of benzene rings is 1. The van der Waals surface area contributed by atoms with Gasteiger partial charge in [0.05, 0.1) is 0 Å². The molecular formula is C14H10Cl2N2O3. The minimum absolute atomic E-state index is 0.00361. The summed E-state index contributed by atoms with van der Waals surface area (Å²) in [6.45, 7) is 3.47. The Balaban J connectivity index is 2.42. The van der Waals surface area contributed by atoms with Crippen LogP contribution >= 0.6 is 23.2 Å². The van der Waals surface area contributed by atoms with Crippen molar-refractivity contribution in [2.24, 2.45) is 0 Å². The lowest BCUT2D eigenvalue weighted by Gasteiger charge is -2.25.